The molecule has 4 rings (SSSR count). The van der Waals surface area contributed by atoms with Crippen molar-refractivity contribution in [1.82, 2.24) is 9.55 Å². The number of nitrogens with zero attached hydrogens (tertiary/aromatic N) is 3. The first-order valence-corrected chi connectivity index (χ1v) is 9.94. The van der Waals surface area contributed by atoms with Gasteiger partial charge >= 0.3 is 0 Å². The second-order valence-corrected chi connectivity index (χ2v) is 7.45. The monoisotopic (exact) mass is 374 g/mol. The fraction of sp³-hybridized carbons (Fsp3) is 0.182. The molecular weight excluding hydrogens is 352 g/mol. The van der Waals surface area contributed by atoms with Gasteiger partial charge < -0.3 is 4.57 Å². The van der Waals surface area contributed by atoms with Crippen LogP contribution in [-0.4, -0.2) is 15.8 Å². The molecule has 0 aliphatic heterocycles. The van der Waals surface area contributed by atoms with Crippen LogP contribution in [0.3, 0.4) is 0 Å². The summed E-state index contributed by atoms with van der Waals surface area (Å²) in [4.78, 5) is 4.65. The number of nitrogens with one attached hydrogen (secondary N) is 1. The highest BCUT2D eigenvalue weighted by Gasteiger charge is 2.07. The summed E-state index contributed by atoms with van der Waals surface area (Å²) >= 11 is 1.56. The largest absolute Gasteiger partial charge is 0.347 e. The molecule has 0 radical (unpaired) electrons. The zero-order chi connectivity index (χ0) is 18.8. The van der Waals surface area contributed by atoms with Crippen molar-refractivity contribution in [2.24, 2.45) is 5.10 Å². The van der Waals surface area contributed by atoms with Crippen LogP contribution in [0.2, 0.25) is 0 Å². The summed E-state index contributed by atoms with van der Waals surface area (Å²) in [7, 11) is 0. The Bertz CT molecular complexity index is 1120. The van der Waals surface area contributed by atoms with E-state index in [1.165, 1.54) is 22.0 Å². The summed E-state index contributed by atoms with van der Waals surface area (Å²) in [6.45, 7) is 7.34. The van der Waals surface area contributed by atoms with Crippen molar-refractivity contribution in [3.8, 4) is 11.3 Å². The highest BCUT2D eigenvalue weighted by Crippen LogP contribution is 2.26. The first kappa shape index (κ1) is 17.5. The second kappa shape index (κ2) is 7.37. The molecule has 2 aromatic heterocycles. The van der Waals surface area contributed by atoms with E-state index in [1.807, 2.05) is 6.21 Å². The Hall–Kier alpha value is -2.92. The lowest BCUT2D eigenvalue weighted by Gasteiger charge is -2.02. The lowest BCUT2D eigenvalue weighted by molar-refractivity contribution is 0.797. The molecule has 0 unspecified atom stereocenters. The van der Waals surface area contributed by atoms with Crippen LogP contribution in [0.1, 0.15) is 23.6 Å². The van der Waals surface area contributed by atoms with Crippen molar-refractivity contribution in [2.75, 3.05) is 5.43 Å². The highest BCUT2D eigenvalue weighted by molar-refractivity contribution is 7.14. The molecule has 4 aromatic rings. The standard InChI is InChI=1S/C22H22N4S/c1-4-26-13-18(19-7-5-6-8-21(19)26)12-23-25-22-24-20(14-27-22)17-10-9-15(2)16(3)11-17/h5-14H,4H2,1-3H3,(H,24,25)/b23-12-. The number of hydrazone groups is 1. The van der Waals surface area contributed by atoms with Crippen LogP contribution in [0, 0.1) is 13.8 Å². The van der Waals surface area contributed by atoms with Crippen molar-refractivity contribution in [3.63, 3.8) is 0 Å². The number of rotatable bonds is 5. The van der Waals surface area contributed by atoms with Crippen molar-refractivity contribution in [2.45, 2.75) is 27.3 Å². The summed E-state index contributed by atoms with van der Waals surface area (Å²) < 4.78 is 2.23. The molecule has 0 bridgehead atoms. The number of thiazole rings is 1. The second-order valence-electron chi connectivity index (χ2n) is 6.59. The van der Waals surface area contributed by atoms with Gasteiger partial charge in [-0.05, 0) is 44.0 Å². The fourth-order valence-electron chi connectivity index (χ4n) is 3.16. The summed E-state index contributed by atoms with van der Waals surface area (Å²) in [6, 6.07) is 14.8. The van der Waals surface area contributed by atoms with Crippen LogP contribution in [0.25, 0.3) is 22.2 Å². The molecule has 0 fully saturated rings. The Labute approximate surface area is 163 Å². The average molecular weight is 375 g/mol. The van der Waals surface area contributed by atoms with Gasteiger partial charge in [0.15, 0.2) is 0 Å². The molecule has 0 amide bonds. The lowest BCUT2D eigenvalue weighted by Crippen LogP contribution is -1.91. The Kier molecular flexibility index (Phi) is 4.77. The zero-order valence-corrected chi connectivity index (χ0v) is 16.5. The molecule has 4 nitrogen and oxygen atoms in total. The maximum absolute atomic E-state index is 4.65. The number of para-hydroxylation sites is 1. The van der Waals surface area contributed by atoms with Gasteiger partial charge in [-0.25, -0.2) is 4.98 Å². The molecule has 1 N–H and O–H groups in total. The fourth-order valence-corrected chi connectivity index (χ4v) is 3.82. The Morgan fingerprint density at radius 3 is 2.81 bits per heavy atom. The van der Waals surface area contributed by atoms with E-state index in [9.17, 15) is 0 Å². The maximum Gasteiger partial charge on any atom is 0.203 e. The molecule has 27 heavy (non-hydrogen) atoms. The van der Waals surface area contributed by atoms with Crippen molar-refractivity contribution in [1.29, 1.82) is 0 Å². The Morgan fingerprint density at radius 1 is 1.15 bits per heavy atom. The van der Waals surface area contributed by atoms with E-state index in [1.54, 1.807) is 11.3 Å². The number of benzene rings is 2. The molecule has 5 heteroatoms. The first-order valence-electron chi connectivity index (χ1n) is 9.06. The average Bonchev–Trinajstić information content (AvgIpc) is 3.29. The summed E-state index contributed by atoms with van der Waals surface area (Å²) in [6.07, 6.45) is 4.00. The normalized spacial score (nSPS) is 11.5. The molecule has 2 aromatic carbocycles. The third kappa shape index (κ3) is 3.51. The van der Waals surface area contributed by atoms with Gasteiger partial charge in [-0.15, -0.1) is 11.3 Å². The molecule has 0 saturated heterocycles. The van der Waals surface area contributed by atoms with Crippen LogP contribution in [-0.2, 0) is 6.54 Å². The topological polar surface area (TPSA) is 42.2 Å². The maximum atomic E-state index is 4.65. The molecule has 0 spiro atoms. The predicted octanol–water partition coefficient (Wildman–Crippen LogP) is 5.85. The van der Waals surface area contributed by atoms with Gasteiger partial charge in [0.2, 0.25) is 5.13 Å². The summed E-state index contributed by atoms with van der Waals surface area (Å²) in [5.74, 6) is 0. The molecule has 2 heterocycles. The van der Waals surface area contributed by atoms with Gasteiger partial charge in [0.25, 0.3) is 0 Å². The van der Waals surface area contributed by atoms with E-state index in [2.05, 4.69) is 94.9 Å². The van der Waals surface area contributed by atoms with Crippen LogP contribution in [0.4, 0.5) is 5.13 Å². The smallest absolute Gasteiger partial charge is 0.203 e. The predicted molar refractivity (Wildman–Crippen MR) is 116 cm³/mol. The number of hydrogen-bond acceptors (Lipinski definition) is 4. The molecule has 136 valence electrons. The minimum atomic E-state index is 0.790. The quantitative estimate of drug-likeness (QED) is 0.352. The zero-order valence-electron chi connectivity index (χ0n) is 15.7. The molecule has 0 saturated carbocycles. The van der Waals surface area contributed by atoms with E-state index in [4.69, 9.17) is 0 Å². The molecule has 0 atom stereocenters. The van der Waals surface area contributed by atoms with Crippen molar-refractivity contribution in [3.05, 3.63) is 70.7 Å². The van der Waals surface area contributed by atoms with E-state index in [0.29, 0.717) is 0 Å². The highest BCUT2D eigenvalue weighted by atomic mass is 32.1. The van der Waals surface area contributed by atoms with E-state index in [-0.39, 0.29) is 0 Å². The molecular formula is C22H22N4S. The van der Waals surface area contributed by atoms with Gasteiger partial charge in [0.1, 0.15) is 0 Å². The number of aryl methyl sites for hydroxylation is 3. The van der Waals surface area contributed by atoms with Crippen LogP contribution < -0.4 is 5.43 Å². The molecule has 0 aliphatic carbocycles. The van der Waals surface area contributed by atoms with E-state index in [0.717, 1.165) is 28.5 Å². The first-order chi connectivity index (χ1) is 13.2. The van der Waals surface area contributed by atoms with Gasteiger partial charge in [-0.3, -0.25) is 5.43 Å². The third-order valence-electron chi connectivity index (χ3n) is 4.83. The third-order valence-corrected chi connectivity index (χ3v) is 5.58. The van der Waals surface area contributed by atoms with E-state index < -0.39 is 0 Å². The number of hydrogen-bond donors (Lipinski definition) is 1. The Balaban J connectivity index is 1.53. The Morgan fingerprint density at radius 2 is 2.00 bits per heavy atom. The summed E-state index contributed by atoms with van der Waals surface area (Å²) in [5.41, 5.74) is 10.1. The van der Waals surface area contributed by atoms with Gasteiger partial charge in [0, 0.05) is 40.2 Å². The SMILES string of the molecule is CCn1cc(/C=N\Nc2nc(-c3ccc(C)c(C)c3)cs2)c2ccccc21. The number of aromatic nitrogens is 2. The molecule has 0 aliphatic rings. The van der Waals surface area contributed by atoms with Gasteiger partial charge in [-0.1, -0.05) is 30.3 Å². The lowest BCUT2D eigenvalue weighted by atomic mass is 10.1. The van der Waals surface area contributed by atoms with Crippen LogP contribution in [0.15, 0.2) is 59.1 Å². The number of fused-ring (bicyclic) bond motifs is 1. The summed E-state index contributed by atoms with van der Waals surface area (Å²) in [5, 5.41) is 8.47. The van der Waals surface area contributed by atoms with Gasteiger partial charge in [0.05, 0.1) is 11.9 Å². The van der Waals surface area contributed by atoms with Gasteiger partial charge in [-0.2, -0.15) is 5.10 Å². The van der Waals surface area contributed by atoms with Crippen LogP contribution in [0.5, 0.6) is 0 Å². The van der Waals surface area contributed by atoms with Crippen molar-refractivity contribution < 1.29 is 0 Å². The minimum absolute atomic E-state index is 0.790. The van der Waals surface area contributed by atoms with Crippen molar-refractivity contribution >= 4 is 33.6 Å². The minimum Gasteiger partial charge on any atom is -0.347 e. The van der Waals surface area contributed by atoms with Crippen LogP contribution >= 0.6 is 11.3 Å². The number of anilines is 1. The van der Waals surface area contributed by atoms with E-state index >= 15 is 0 Å².